The minimum atomic E-state index is 1.37. The Morgan fingerprint density at radius 2 is 0.259 bits per heavy atom. The summed E-state index contributed by atoms with van der Waals surface area (Å²) in [6, 6.07) is 0. The van der Waals surface area contributed by atoms with Gasteiger partial charge in [-0.05, 0) is 24.3 Å². The van der Waals surface area contributed by atoms with Crippen molar-refractivity contribution in [3.05, 3.63) is 0 Å². The van der Waals surface area contributed by atoms with E-state index < -0.39 is 0 Å². The summed E-state index contributed by atoms with van der Waals surface area (Å²) in [4.78, 5) is 0. The Morgan fingerprint density at radius 3 is 0.389 bits per heavy atom. The average Bonchev–Trinajstić information content (AvgIpc) is 3.18. The maximum Gasteiger partial charge on any atom is -0.00675 e. The molecular weight excluding hydrogens is 669 g/mol. The van der Waals surface area contributed by atoms with E-state index in [1.165, 1.54) is 326 Å². The van der Waals surface area contributed by atoms with Gasteiger partial charge in [-0.25, -0.2) is 0 Å². The zero-order valence-corrected chi connectivity index (χ0v) is 39.3. The van der Waals surface area contributed by atoms with Crippen LogP contribution in [-0.4, -0.2) is 11.5 Å². The second kappa shape index (κ2) is 53.4. The first-order valence-corrected chi connectivity index (χ1v) is 27.6. The van der Waals surface area contributed by atoms with Crippen molar-refractivity contribution < 1.29 is 0 Å². The minimum absolute atomic E-state index is 1.37. The molecule has 326 valence electrons. The van der Waals surface area contributed by atoms with Crippen molar-refractivity contribution in [3.8, 4) is 0 Å². The molecule has 0 unspecified atom stereocenters. The first-order valence-electron chi connectivity index (χ1n) is 26.5. The summed E-state index contributed by atoms with van der Waals surface area (Å²) < 4.78 is 0. The highest BCUT2D eigenvalue weighted by Crippen LogP contribution is 2.19. The van der Waals surface area contributed by atoms with E-state index in [0.717, 1.165) is 0 Å². The van der Waals surface area contributed by atoms with Crippen LogP contribution in [0.5, 0.6) is 0 Å². The molecule has 0 rings (SSSR count). The summed E-state index contributed by atoms with van der Waals surface area (Å²) in [6.45, 7) is 4.63. The number of unbranched alkanes of at least 4 members (excludes halogenated alkanes) is 47. The molecule has 0 radical (unpaired) electrons. The van der Waals surface area contributed by atoms with Gasteiger partial charge in [-0.2, -0.15) is 11.8 Å². The van der Waals surface area contributed by atoms with Crippen molar-refractivity contribution >= 4 is 11.8 Å². The molecule has 0 heterocycles. The quantitative estimate of drug-likeness (QED) is 0.0555. The molecule has 0 spiro atoms. The van der Waals surface area contributed by atoms with Gasteiger partial charge in [0.25, 0.3) is 0 Å². The maximum absolute atomic E-state index is 2.31. The lowest BCUT2D eigenvalue weighted by Crippen LogP contribution is -1.87. The Bertz CT molecular complexity index is 548. The zero-order valence-electron chi connectivity index (χ0n) is 38.5. The van der Waals surface area contributed by atoms with Gasteiger partial charge >= 0.3 is 0 Å². The normalized spacial score (nSPS) is 11.7. The first-order chi connectivity index (χ1) is 26.9. The second-order valence-corrected chi connectivity index (χ2v) is 19.5. The largest absolute Gasteiger partial charge is 0.162 e. The molecule has 0 amide bonds. The van der Waals surface area contributed by atoms with Gasteiger partial charge in [-0.15, -0.1) is 0 Å². The molecule has 0 aliphatic rings. The molecule has 0 bridgehead atoms. The van der Waals surface area contributed by atoms with E-state index in [0.29, 0.717) is 0 Å². The van der Waals surface area contributed by atoms with E-state index in [1.54, 1.807) is 0 Å². The van der Waals surface area contributed by atoms with Crippen molar-refractivity contribution in [2.75, 3.05) is 11.5 Å². The zero-order chi connectivity index (χ0) is 38.8. The fraction of sp³-hybridized carbons (Fsp3) is 1.00. The summed E-state index contributed by atoms with van der Waals surface area (Å²) >= 11 is 2.24. The molecule has 0 aliphatic carbocycles. The maximum atomic E-state index is 2.31. The molecule has 1 heteroatoms. The van der Waals surface area contributed by atoms with Crippen molar-refractivity contribution in [3.63, 3.8) is 0 Å². The van der Waals surface area contributed by atoms with Gasteiger partial charge < -0.3 is 0 Å². The van der Waals surface area contributed by atoms with E-state index in [9.17, 15) is 0 Å². The van der Waals surface area contributed by atoms with Crippen LogP contribution >= 0.6 is 11.8 Å². The fourth-order valence-electron chi connectivity index (χ4n) is 8.61. The van der Waals surface area contributed by atoms with Gasteiger partial charge in [0.2, 0.25) is 0 Å². The highest BCUT2D eigenvalue weighted by Gasteiger charge is 1.99. The topological polar surface area (TPSA) is 0 Å². The summed E-state index contributed by atoms with van der Waals surface area (Å²) in [5, 5.41) is 0. The Balaban J connectivity index is 3.05. The van der Waals surface area contributed by atoms with Crippen LogP contribution < -0.4 is 0 Å². The minimum Gasteiger partial charge on any atom is -0.162 e. The van der Waals surface area contributed by atoms with Crippen LogP contribution in [0.4, 0.5) is 0 Å². The molecule has 0 fully saturated rings. The van der Waals surface area contributed by atoms with Crippen LogP contribution in [-0.2, 0) is 0 Å². The molecule has 0 aromatic rings. The number of hydrogen-bond donors (Lipinski definition) is 0. The van der Waals surface area contributed by atoms with Crippen LogP contribution in [0.1, 0.15) is 328 Å². The van der Waals surface area contributed by atoms with Gasteiger partial charge in [-0.3, -0.25) is 0 Å². The average molecular weight is 778 g/mol. The lowest BCUT2D eigenvalue weighted by molar-refractivity contribution is 0.516. The summed E-state index contributed by atoms with van der Waals surface area (Å²) in [7, 11) is 0. The molecular formula is C53H108S. The van der Waals surface area contributed by atoms with E-state index in [1.807, 2.05) is 0 Å². The van der Waals surface area contributed by atoms with Crippen LogP contribution in [0, 0.1) is 0 Å². The number of thioether (sulfide) groups is 1. The molecule has 54 heavy (non-hydrogen) atoms. The van der Waals surface area contributed by atoms with E-state index in [2.05, 4.69) is 25.6 Å². The highest BCUT2D eigenvalue weighted by atomic mass is 32.2. The van der Waals surface area contributed by atoms with Crippen LogP contribution in [0.15, 0.2) is 0 Å². The first kappa shape index (κ1) is 54.3. The van der Waals surface area contributed by atoms with Gasteiger partial charge in [0.15, 0.2) is 0 Å². The second-order valence-electron chi connectivity index (χ2n) is 18.2. The third kappa shape index (κ3) is 52.3. The van der Waals surface area contributed by atoms with E-state index in [-0.39, 0.29) is 0 Å². The molecule has 0 atom stereocenters. The van der Waals surface area contributed by atoms with Gasteiger partial charge in [0.05, 0.1) is 0 Å². The Hall–Kier alpha value is 0.350. The molecule has 0 aromatic heterocycles. The van der Waals surface area contributed by atoms with Crippen molar-refractivity contribution in [1.29, 1.82) is 0 Å². The third-order valence-electron chi connectivity index (χ3n) is 12.5. The molecule has 0 nitrogen and oxygen atoms in total. The number of hydrogen-bond acceptors (Lipinski definition) is 1. The SMILES string of the molecule is CCCCCCCCCCCCCCCCCCCCCCCCCCCCSCCCCCCCCCCCCCCCCCCCCCCCCC. The Morgan fingerprint density at radius 1 is 0.148 bits per heavy atom. The Labute approximate surface area is 350 Å². The van der Waals surface area contributed by atoms with E-state index >= 15 is 0 Å². The lowest BCUT2D eigenvalue weighted by atomic mass is 10.0. The molecule has 0 aliphatic heterocycles. The van der Waals surface area contributed by atoms with Gasteiger partial charge in [0.1, 0.15) is 0 Å². The van der Waals surface area contributed by atoms with Crippen LogP contribution in [0.2, 0.25) is 0 Å². The third-order valence-corrected chi connectivity index (χ3v) is 13.7. The predicted octanol–water partition coefficient (Wildman–Crippen LogP) is 20.9. The molecule has 0 saturated carbocycles. The van der Waals surface area contributed by atoms with Crippen LogP contribution in [0.25, 0.3) is 0 Å². The van der Waals surface area contributed by atoms with Gasteiger partial charge in [-0.1, -0.05) is 316 Å². The van der Waals surface area contributed by atoms with Crippen molar-refractivity contribution in [2.24, 2.45) is 0 Å². The summed E-state index contributed by atoms with van der Waals surface area (Å²) in [6.07, 6.45) is 72.6. The smallest absolute Gasteiger partial charge is 0.00675 e. The van der Waals surface area contributed by atoms with Gasteiger partial charge in [0, 0.05) is 0 Å². The fourth-order valence-corrected chi connectivity index (χ4v) is 9.63. The highest BCUT2D eigenvalue weighted by molar-refractivity contribution is 7.99. The lowest BCUT2D eigenvalue weighted by Gasteiger charge is -2.05. The predicted molar refractivity (Wildman–Crippen MR) is 255 cm³/mol. The Kier molecular flexibility index (Phi) is 53.7. The van der Waals surface area contributed by atoms with Crippen molar-refractivity contribution in [1.82, 2.24) is 0 Å². The standard InChI is InChI=1S/C53H108S/c1-3-5-7-9-11-13-15-17-19-21-23-25-27-28-29-31-33-35-37-39-41-43-45-47-49-51-53-54-52-50-48-46-44-42-40-38-36-34-32-30-26-24-22-20-18-16-14-12-10-8-6-4-2/h3-53H2,1-2H3. The monoisotopic (exact) mass is 777 g/mol. The molecule has 0 aromatic carbocycles. The van der Waals surface area contributed by atoms with Crippen LogP contribution in [0.3, 0.4) is 0 Å². The van der Waals surface area contributed by atoms with E-state index in [4.69, 9.17) is 0 Å². The molecule has 0 saturated heterocycles. The molecule has 0 N–H and O–H groups in total. The summed E-state index contributed by atoms with van der Waals surface area (Å²) in [5.74, 6) is 2.83. The van der Waals surface area contributed by atoms with Crippen molar-refractivity contribution in [2.45, 2.75) is 328 Å². The summed E-state index contributed by atoms with van der Waals surface area (Å²) in [5.41, 5.74) is 0. The number of rotatable bonds is 51.